The highest BCUT2D eigenvalue weighted by Gasteiger charge is 2.46. The van der Waals surface area contributed by atoms with Gasteiger partial charge in [0, 0.05) is 24.7 Å². The van der Waals surface area contributed by atoms with Crippen molar-refractivity contribution in [3.05, 3.63) is 0 Å². The van der Waals surface area contributed by atoms with Gasteiger partial charge < -0.3 is 10.5 Å². The molecule has 3 rings (SSSR count). The standard InChI is InChI=1S/C16H30N2O/c1-13-11-16(12-17,8-10-19-13)18-9-4-6-14-5-2-3-7-15(14)18/h13-15H,2-12,17H2,1H3. The van der Waals surface area contributed by atoms with Crippen molar-refractivity contribution in [2.24, 2.45) is 11.7 Å². The number of likely N-dealkylation sites (tertiary alicyclic amines) is 1. The lowest BCUT2D eigenvalue weighted by atomic mass is 9.74. The lowest BCUT2D eigenvalue weighted by Gasteiger charge is -2.55. The normalized spacial score (nSPS) is 44.8. The minimum absolute atomic E-state index is 0.234. The van der Waals surface area contributed by atoms with Gasteiger partial charge in [0.2, 0.25) is 0 Å². The van der Waals surface area contributed by atoms with E-state index in [4.69, 9.17) is 10.5 Å². The fourth-order valence-corrected chi connectivity index (χ4v) is 4.92. The summed E-state index contributed by atoms with van der Waals surface area (Å²) >= 11 is 0. The van der Waals surface area contributed by atoms with Crippen LogP contribution in [0, 0.1) is 5.92 Å². The second-order valence-corrected chi connectivity index (χ2v) is 7.01. The second kappa shape index (κ2) is 5.71. The van der Waals surface area contributed by atoms with Crippen molar-refractivity contribution in [3.63, 3.8) is 0 Å². The Morgan fingerprint density at radius 3 is 2.79 bits per heavy atom. The van der Waals surface area contributed by atoms with Crippen LogP contribution in [0.2, 0.25) is 0 Å². The number of rotatable bonds is 2. The summed E-state index contributed by atoms with van der Waals surface area (Å²) in [7, 11) is 0. The fraction of sp³-hybridized carbons (Fsp3) is 1.00. The zero-order chi connectivity index (χ0) is 13.3. The van der Waals surface area contributed by atoms with Crippen LogP contribution in [0.1, 0.15) is 58.3 Å². The summed E-state index contributed by atoms with van der Waals surface area (Å²) in [6, 6.07) is 0.816. The van der Waals surface area contributed by atoms with Crippen LogP contribution in [-0.2, 0) is 4.74 Å². The van der Waals surface area contributed by atoms with Crippen molar-refractivity contribution >= 4 is 0 Å². The van der Waals surface area contributed by atoms with Crippen LogP contribution < -0.4 is 5.73 Å². The molecule has 0 spiro atoms. The molecule has 0 amide bonds. The minimum atomic E-state index is 0.234. The molecule has 110 valence electrons. The molecule has 19 heavy (non-hydrogen) atoms. The Morgan fingerprint density at radius 2 is 2.00 bits per heavy atom. The first-order valence-electron chi connectivity index (χ1n) is 8.33. The van der Waals surface area contributed by atoms with E-state index in [1.807, 2.05) is 0 Å². The van der Waals surface area contributed by atoms with E-state index in [-0.39, 0.29) is 5.54 Å². The van der Waals surface area contributed by atoms with Crippen LogP contribution in [0.3, 0.4) is 0 Å². The van der Waals surface area contributed by atoms with Crippen molar-refractivity contribution in [3.8, 4) is 0 Å². The molecule has 2 heterocycles. The third-order valence-electron chi connectivity index (χ3n) is 5.87. The van der Waals surface area contributed by atoms with Gasteiger partial charge in [-0.25, -0.2) is 0 Å². The second-order valence-electron chi connectivity index (χ2n) is 7.01. The molecule has 2 N–H and O–H groups in total. The van der Waals surface area contributed by atoms with Crippen molar-refractivity contribution in [2.75, 3.05) is 19.7 Å². The Morgan fingerprint density at radius 1 is 1.21 bits per heavy atom. The maximum atomic E-state index is 6.26. The van der Waals surface area contributed by atoms with E-state index in [1.165, 1.54) is 45.1 Å². The number of hydrogen-bond donors (Lipinski definition) is 1. The summed E-state index contributed by atoms with van der Waals surface area (Å²) in [6.45, 7) is 5.19. The Labute approximate surface area is 117 Å². The van der Waals surface area contributed by atoms with Gasteiger partial charge in [-0.15, -0.1) is 0 Å². The zero-order valence-corrected chi connectivity index (χ0v) is 12.4. The third kappa shape index (κ3) is 2.57. The van der Waals surface area contributed by atoms with Crippen LogP contribution in [0.25, 0.3) is 0 Å². The summed E-state index contributed by atoms with van der Waals surface area (Å²) in [5.41, 5.74) is 6.49. The average molecular weight is 266 g/mol. The van der Waals surface area contributed by atoms with Crippen LogP contribution in [0.15, 0.2) is 0 Å². The van der Waals surface area contributed by atoms with Gasteiger partial charge in [0.05, 0.1) is 6.10 Å². The summed E-state index contributed by atoms with van der Waals surface area (Å²) in [5, 5.41) is 0. The van der Waals surface area contributed by atoms with E-state index in [1.54, 1.807) is 0 Å². The van der Waals surface area contributed by atoms with Gasteiger partial charge >= 0.3 is 0 Å². The van der Waals surface area contributed by atoms with E-state index in [2.05, 4.69) is 11.8 Å². The SMILES string of the molecule is CC1CC(CN)(N2CCCC3CCCCC32)CCO1. The molecule has 3 nitrogen and oxygen atoms in total. The molecule has 0 aromatic rings. The molecule has 0 bridgehead atoms. The Kier molecular flexibility index (Phi) is 4.16. The van der Waals surface area contributed by atoms with Crippen LogP contribution >= 0.6 is 0 Å². The van der Waals surface area contributed by atoms with E-state index >= 15 is 0 Å². The predicted molar refractivity (Wildman–Crippen MR) is 78.1 cm³/mol. The number of nitrogens with zero attached hydrogens (tertiary/aromatic N) is 1. The number of hydrogen-bond acceptors (Lipinski definition) is 3. The summed E-state index contributed by atoms with van der Waals surface area (Å²) in [4.78, 5) is 2.83. The molecule has 2 aliphatic heterocycles. The van der Waals surface area contributed by atoms with Crippen molar-refractivity contribution in [1.29, 1.82) is 0 Å². The molecule has 1 aliphatic carbocycles. The maximum Gasteiger partial charge on any atom is 0.0565 e. The van der Waals surface area contributed by atoms with E-state index in [0.717, 1.165) is 38.0 Å². The summed E-state index contributed by atoms with van der Waals surface area (Å²) < 4.78 is 5.78. The van der Waals surface area contributed by atoms with Crippen molar-refractivity contribution < 1.29 is 4.74 Å². The molecule has 3 heteroatoms. The highest BCUT2D eigenvalue weighted by Crippen LogP contribution is 2.42. The van der Waals surface area contributed by atoms with E-state index < -0.39 is 0 Å². The Bertz CT molecular complexity index is 307. The maximum absolute atomic E-state index is 6.26. The van der Waals surface area contributed by atoms with Gasteiger partial charge in [-0.3, -0.25) is 4.90 Å². The van der Waals surface area contributed by atoms with Gasteiger partial charge in [-0.1, -0.05) is 12.8 Å². The predicted octanol–water partition coefficient (Wildman–Crippen LogP) is 2.54. The summed E-state index contributed by atoms with van der Waals surface area (Å²) in [6.07, 6.45) is 11.2. The molecule has 4 unspecified atom stereocenters. The van der Waals surface area contributed by atoms with Crippen molar-refractivity contribution in [2.45, 2.75) is 76.0 Å². The van der Waals surface area contributed by atoms with Gasteiger partial charge in [-0.05, 0) is 57.9 Å². The molecule has 3 aliphatic rings. The molecule has 1 saturated carbocycles. The molecular weight excluding hydrogens is 236 g/mol. The van der Waals surface area contributed by atoms with E-state index in [0.29, 0.717) is 6.10 Å². The Hall–Kier alpha value is -0.120. The Balaban J connectivity index is 1.80. The number of fused-ring (bicyclic) bond motifs is 1. The number of piperidine rings is 1. The van der Waals surface area contributed by atoms with Crippen molar-refractivity contribution in [1.82, 2.24) is 4.90 Å². The largest absolute Gasteiger partial charge is 0.378 e. The molecule has 0 aromatic heterocycles. The monoisotopic (exact) mass is 266 g/mol. The smallest absolute Gasteiger partial charge is 0.0565 e. The van der Waals surface area contributed by atoms with Gasteiger partial charge in [-0.2, -0.15) is 0 Å². The topological polar surface area (TPSA) is 38.5 Å². The molecule has 3 fully saturated rings. The van der Waals surface area contributed by atoms with Gasteiger partial charge in [0.25, 0.3) is 0 Å². The lowest BCUT2D eigenvalue weighted by molar-refractivity contribution is -0.102. The third-order valence-corrected chi connectivity index (χ3v) is 5.87. The highest BCUT2D eigenvalue weighted by atomic mass is 16.5. The molecular formula is C16H30N2O. The molecule has 4 atom stereocenters. The van der Waals surface area contributed by atoms with Crippen LogP contribution in [0.5, 0.6) is 0 Å². The molecule has 2 saturated heterocycles. The van der Waals surface area contributed by atoms with Gasteiger partial charge in [0.1, 0.15) is 0 Å². The molecule has 0 radical (unpaired) electrons. The first-order chi connectivity index (χ1) is 9.25. The summed E-state index contributed by atoms with van der Waals surface area (Å²) in [5.74, 6) is 0.948. The first-order valence-corrected chi connectivity index (χ1v) is 8.33. The van der Waals surface area contributed by atoms with Crippen LogP contribution in [-0.4, -0.2) is 42.3 Å². The number of ether oxygens (including phenoxy) is 1. The fourth-order valence-electron chi connectivity index (χ4n) is 4.92. The van der Waals surface area contributed by atoms with Crippen LogP contribution in [0.4, 0.5) is 0 Å². The highest BCUT2D eigenvalue weighted by molar-refractivity contribution is 5.01. The zero-order valence-electron chi connectivity index (χ0n) is 12.4. The van der Waals surface area contributed by atoms with E-state index in [9.17, 15) is 0 Å². The average Bonchev–Trinajstić information content (AvgIpc) is 2.46. The quantitative estimate of drug-likeness (QED) is 0.835. The number of nitrogens with two attached hydrogens (primary N) is 1. The first kappa shape index (κ1) is 13.8. The van der Waals surface area contributed by atoms with Gasteiger partial charge in [0.15, 0.2) is 0 Å². The minimum Gasteiger partial charge on any atom is -0.378 e. The molecule has 0 aromatic carbocycles. The lowest BCUT2D eigenvalue weighted by Crippen LogP contribution is -2.64.